The highest BCUT2D eigenvalue weighted by atomic mass is 32.1. The molecule has 0 radical (unpaired) electrons. The van der Waals surface area contributed by atoms with Crippen molar-refractivity contribution in [3.05, 3.63) is 74.9 Å². The van der Waals surface area contributed by atoms with Crippen LogP contribution in [0.15, 0.2) is 67.7 Å². The van der Waals surface area contributed by atoms with Crippen LogP contribution in [0.4, 0.5) is 0 Å². The van der Waals surface area contributed by atoms with Crippen molar-refractivity contribution in [2.75, 3.05) is 6.54 Å². The van der Waals surface area contributed by atoms with Gasteiger partial charge < -0.3 is 19.4 Å². The van der Waals surface area contributed by atoms with E-state index in [0.29, 0.717) is 11.5 Å². The van der Waals surface area contributed by atoms with E-state index in [2.05, 4.69) is 10.5 Å². The molecule has 0 saturated carbocycles. The van der Waals surface area contributed by atoms with E-state index in [1.165, 1.54) is 35.0 Å². The maximum absolute atomic E-state index is 12.4. The fourth-order valence-electron chi connectivity index (χ4n) is 2.56. The van der Waals surface area contributed by atoms with Crippen LogP contribution in [0.3, 0.4) is 0 Å². The molecule has 0 fully saturated rings. The first kappa shape index (κ1) is 16.8. The molecule has 0 unspecified atom stereocenters. The van der Waals surface area contributed by atoms with Crippen molar-refractivity contribution in [3.63, 3.8) is 0 Å². The van der Waals surface area contributed by atoms with Gasteiger partial charge in [0.05, 0.1) is 12.8 Å². The minimum absolute atomic E-state index is 0.0199. The Kier molecular flexibility index (Phi) is 4.46. The highest BCUT2D eigenvalue weighted by Gasteiger charge is 2.34. The van der Waals surface area contributed by atoms with Crippen LogP contribution in [0.1, 0.15) is 20.9 Å². The summed E-state index contributed by atoms with van der Waals surface area (Å²) < 4.78 is 10.4. The Labute approximate surface area is 156 Å². The summed E-state index contributed by atoms with van der Waals surface area (Å²) in [4.78, 5) is 13.2. The van der Waals surface area contributed by atoms with Crippen LogP contribution >= 0.6 is 22.7 Å². The molecule has 26 heavy (non-hydrogen) atoms. The molecule has 0 aliphatic rings. The lowest BCUT2D eigenvalue weighted by Crippen LogP contribution is -2.41. The van der Waals surface area contributed by atoms with Crippen molar-refractivity contribution in [1.29, 1.82) is 0 Å². The first-order valence-corrected chi connectivity index (χ1v) is 9.57. The first-order chi connectivity index (χ1) is 12.7. The van der Waals surface area contributed by atoms with Crippen molar-refractivity contribution < 1.29 is 18.8 Å². The van der Waals surface area contributed by atoms with Crippen LogP contribution in [-0.4, -0.2) is 22.7 Å². The SMILES string of the molecule is O=C(NC[C@](O)(c1ccsc1)c1cccs1)c1cc(-c2ccco2)on1. The lowest BCUT2D eigenvalue weighted by Gasteiger charge is -2.26. The Morgan fingerprint density at radius 3 is 2.85 bits per heavy atom. The number of hydrogen-bond acceptors (Lipinski definition) is 7. The molecule has 4 heterocycles. The van der Waals surface area contributed by atoms with Gasteiger partial charge in [0.15, 0.2) is 11.5 Å². The summed E-state index contributed by atoms with van der Waals surface area (Å²) >= 11 is 2.93. The number of aromatic nitrogens is 1. The number of carbonyl (C=O) groups excluding carboxylic acids is 1. The number of aliphatic hydroxyl groups is 1. The van der Waals surface area contributed by atoms with E-state index in [-0.39, 0.29) is 12.2 Å². The number of rotatable bonds is 6. The summed E-state index contributed by atoms with van der Waals surface area (Å²) in [7, 11) is 0. The topological polar surface area (TPSA) is 88.5 Å². The fraction of sp³-hybridized carbons (Fsp3) is 0.111. The van der Waals surface area contributed by atoms with Crippen LogP contribution < -0.4 is 5.32 Å². The van der Waals surface area contributed by atoms with Gasteiger partial charge in [0.1, 0.15) is 5.60 Å². The largest absolute Gasteiger partial charge is 0.461 e. The second-order valence-electron chi connectivity index (χ2n) is 5.59. The van der Waals surface area contributed by atoms with Gasteiger partial charge in [0, 0.05) is 16.5 Å². The Morgan fingerprint density at radius 1 is 1.23 bits per heavy atom. The molecule has 0 bridgehead atoms. The molecule has 132 valence electrons. The molecule has 0 spiro atoms. The lowest BCUT2D eigenvalue weighted by atomic mass is 9.94. The summed E-state index contributed by atoms with van der Waals surface area (Å²) in [5.74, 6) is 0.424. The van der Waals surface area contributed by atoms with Crippen LogP contribution in [0, 0.1) is 0 Å². The molecule has 0 aliphatic carbocycles. The van der Waals surface area contributed by atoms with Gasteiger partial charge in [-0.2, -0.15) is 11.3 Å². The molecule has 1 amide bonds. The standard InChI is InChI=1S/C18H14N2O4S2/c21-17(13-9-15(24-20-13)14-3-1-6-23-14)19-11-18(22,12-5-8-25-10-12)16-4-2-7-26-16/h1-10,22H,11H2,(H,19,21)/t18-/m0/s1. The molecule has 4 aromatic rings. The molecular weight excluding hydrogens is 372 g/mol. The van der Waals surface area contributed by atoms with Crippen molar-refractivity contribution in [2.45, 2.75) is 5.60 Å². The molecule has 4 aromatic heterocycles. The molecule has 0 saturated heterocycles. The normalized spacial score (nSPS) is 13.4. The van der Waals surface area contributed by atoms with E-state index < -0.39 is 11.5 Å². The quantitative estimate of drug-likeness (QED) is 0.527. The number of hydrogen-bond donors (Lipinski definition) is 2. The predicted molar refractivity (Wildman–Crippen MR) is 98.2 cm³/mol. The van der Waals surface area contributed by atoms with Gasteiger partial charge in [-0.3, -0.25) is 4.79 Å². The van der Waals surface area contributed by atoms with Crippen molar-refractivity contribution in [1.82, 2.24) is 10.5 Å². The lowest BCUT2D eigenvalue weighted by molar-refractivity contribution is 0.0716. The summed E-state index contributed by atoms with van der Waals surface area (Å²) in [5, 5.41) is 23.4. The molecular formula is C18H14N2O4S2. The third-order valence-electron chi connectivity index (χ3n) is 3.94. The maximum Gasteiger partial charge on any atom is 0.273 e. The van der Waals surface area contributed by atoms with Crippen LogP contribution in [0.5, 0.6) is 0 Å². The second kappa shape index (κ2) is 6.91. The highest BCUT2D eigenvalue weighted by molar-refractivity contribution is 7.10. The van der Waals surface area contributed by atoms with Crippen molar-refractivity contribution in [3.8, 4) is 11.5 Å². The third-order valence-corrected chi connectivity index (χ3v) is 5.64. The van der Waals surface area contributed by atoms with Crippen LogP contribution in [0.2, 0.25) is 0 Å². The minimum Gasteiger partial charge on any atom is -0.461 e. The monoisotopic (exact) mass is 386 g/mol. The summed E-state index contributed by atoms with van der Waals surface area (Å²) in [6.07, 6.45) is 1.51. The van der Waals surface area contributed by atoms with Crippen molar-refractivity contribution in [2.24, 2.45) is 0 Å². The Balaban J connectivity index is 1.52. The van der Waals surface area contributed by atoms with Gasteiger partial charge in [-0.1, -0.05) is 11.2 Å². The zero-order valence-electron chi connectivity index (χ0n) is 13.4. The van der Waals surface area contributed by atoms with Gasteiger partial charge in [-0.15, -0.1) is 11.3 Å². The zero-order chi connectivity index (χ0) is 18.0. The number of carbonyl (C=O) groups is 1. The fourth-order valence-corrected chi connectivity index (χ4v) is 4.13. The van der Waals surface area contributed by atoms with Crippen molar-refractivity contribution >= 4 is 28.6 Å². The minimum atomic E-state index is -1.29. The smallest absolute Gasteiger partial charge is 0.273 e. The number of amides is 1. The van der Waals surface area contributed by atoms with E-state index >= 15 is 0 Å². The molecule has 0 aliphatic heterocycles. The average molecular weight is 386 g/mol. The Hall–Kier alpha value is -2.68. The van der Waals surface area contributed by atoms with Gasteiger partial charge in [0.2, 0.25) is 5.76 Å². The van der Waals surface area contributed by atoms with Gasteiger partial charge in [-0.05, 0) is 40.4 Å². The number of nitrogens with zero attached hydrogens (tertiary/aromatic N) is 1. The summed E-state index contributed by atoms with van der Waals surface area (Å²) in [5.41, 5.74) is -0.436. The van der Waals surface area contributed by atoms with E-state index in [0.717, 1.165) is 10.4 Å². The molecule has 8 heteroatoms. The average Bonchev–Trinajstić information content (AvgIpc) is 3.45. The Morgan fingerprint density at radius 2 is 2.15 bits per heavy atom. The molecule has 0 aromatic carbocycles. The number of nitrogens with one attached hydrogen (secondary N) is 1. The Bertz CT molecular complexity index is 938. The van der Waals surface area contributed by atoms with Gasteiger partial charge in [0.25, 0.3) is 5.91 Å². The van der Waals surface area contributed by atoms with Crippen LogP contribution in [-0.2, 0) is 5.60 Å². The van der Waals surface area contributed by atoms with E-state index in [1.54, 1.807) is 12.1 Å². The van der Waals surface area contributed by atoms with E-state index in [9.17, 15) is 9.90 Å². The third kappa shape index (κ3) is 3.10. The zero-order valence-corrected chi connectivity index (χ0v) is 15.0. The maximum atomic E-state index is 12.4. The second-order valence-corrected chi connectivity index (χ2v) is 7.31. The van der Waals surface area contributed by atoms with Gasteiger partial charge in [-0.25, -0.2) is 0 Å². The number of thiophene rings is 2. The van der Waals surface area contributed by atoms with Gasteiger partial charge >= 0.3 is 0 Å². The first-order valence-electron chi connectivity index (χ1n) is 7.74. The predicted octanol–water partition coefficient (Wildman–Crippen LogP) is 3.72. The summed E-state index contributed by atoms with van der Waals surface area (Å²) in [6.45, 7) is 0.0199. The molecule has 2 N–H and O–H groups in total. The molecule has 1 atom stereocenters. The highest BCUT2D eigenvalue weighted by Crippen LogP contribution is 2.33. The number of furan rings is 1. The van der Waals surface area contributed by atoms with E-state index in [4.69, 9.17) is 8.94 Å². The van der Waals surface area contributed by atoms with Crippen LogP contribution in [0.25, 0.3) is 11.5 Å². The summed E-state index contributed by atoms with van der Waals surface area (Å²) in [6, 6.07) is 10.5. The molecule has 4 rings (SSSR count). The van der Waals surface area contributed by atoms with E-state index in [1.807, 2.05) is 34.3 Å². The molecule has 6 nitrogen and oxygen atoms in total.